The Morgan fingerprint density at radius 3 is 2.50 bits per heavy atom. The Kier molecular flexibility index (Phi) is 6.01. The number of amides is 2. The molecule has 1 N–H and O–H groups in total. The van der Waals surface area contributed by atoms with Crippen molar-refractivity contribution >= 4 is 17.5 Å². The van der Waals surface area contributed by atoms with Crippen LogP contribution in [0.4, 0.5) is 10.1 Å². The molecule has 0 aliphatic carbocycles. The topological polar surface area (TPSA) is 76.5 Å². The summed E-state index contributed by atoms with van der Waals surface area (Å²) in [4.78, 5) is 28.8. The van der Waals surface area contributed by atoms with Crippen LogP contribution in [0.15, 0.2) is 84.9 Å². The smallest absolute Gasteiger partial charge is 0.277 e. The number of fused-ring (bicyclic) bond motifs is 1. The minimum Gasteiger partial charge on any atom is -0.496 e. The number of rotatable bonds is 6. The van der Waals surface area contributed by atoms with E-state index >= 15 is 0 Å². The molecule has 0 radical (unpaired) electrons. The van der Waals surface area contributed by atoms with E-state index in [1.165, 1.54) is 21.7 Å². The number of hydrogen-bond donors (Lipinski definition) is 1. The lowest BCUT2D eigenvalue weighted by molar-refractivity contribution is -0.126. The highest BCUT2D eigenvalue weighted by Crippen LogP contribution is 2.35. The highest BCUT2D eigenvalue weighted by Gasteiger charge is 2.49. The largest absolute Gasteiger partial charge is 0.496 e. The third kappa shape index (κ3) is 4.00. The predicted molar refractivity (Wildman–Crippen MR) is 134 cm³/mol. The highest BCUT2D eigenvalue weighted by molar-refractivity contribution is 6.12. The molecule has 1 aliphatic heterocycles. The first-order valence-corrected chi connectivity index (χ1v) is 11.5. The first kappa shape index (κ1) is 23.3. The SMILES string of the molecule is COc1ccccc1CNC(=O)[C@]1(C)Cn2nc(-c3ccccc3)cc2C(=O)N1c1ccccc1F. The number of methoxy groups -OCH3 is 1. The summed E-state index contributed by atoms with van der Waals surface area (Å²) in [7, 11) is 1.56. The first-order chi connectivity index (χ1) is 17.4. The maximum Gasteiger partial charge on any atom is 0.277 e. The molecule has 0 saturated heterocycles. The third-order valence-corrected chi connectivity index (χ3v) is 6.44. The van der Waals surface area contributed by atoms with Crippen LogP contribution in [0.3, 0.4) is 0 Å². The number of nitrogens with zero attached hydrogens (tertiary/aromatic N) is 3. The van der Waals surface area contributed by atoms with E-state index in [4.69, 9.17) is 4.74 Å². The Bertz CT molecular complexity index is 1440. The van der Waals surface area contributed by atoms with Crippen molar-refractivity contribution in [1.82, 2.24) is 15.1 Å². The van der Waals surface area contributed by atoms with Gasteiger partial charge in [0.05, 0.1) is 25.0 Å². The van der Waals surface area contributed by atoms with Crippen LogP contribution in [-0.4, -0.2) is 34.2 Å². The van der Waals surface area contributed by atoms with Gasteiger partial charge in [-0.05, 0) is 31.2 Å². The minimum atomic E-state index is -1.45. The number of para-hydroxylation sites is 2. The highest BCUT2D eigenvalue weighted by atomic mass is 19.1. The number of anilines is 1. The van der Waals surface area contributed by atoms with Crippen molar-refractivity contribution in [2.75, 3.05) is 12.0 Å². The Hall–Kier alpha value is -4.46. The molecule has 36 heavy (non-hydrogen) atoms. The molecule has 0 bridgehead atoms. The van der Waals surface area contributed by atoms with E-state index < -0.39 is 23.2 Å². The summed E-state index contributed by atoms with van der Waals surface area (Å²) >= 11 is 0. The summed E-state index contributed by atoms with van der Waals surface area (Å²) < 4.78 is 21.9. The summed E-state index contributed by atoms with van der Waals surface area (Å²) in [5.41, 5.74) is 1.09. The fourth-order valence-corrected chi connectivity index (χ4v) is 4.56. The Labute approximate surface area is 208 Å². The van der Waals surface area contributed by atoms with Gasteiger partial charge < -0.3 is 10.1 Å². The van der Waals surface area contributed by atoms with Gasteiger partial charge >= 0.3 is 0 Å². The second-order valence-electron chi connectivity index (χ2n) is 8.80. The molecule has 4 aromatic rings. The van der Waals surface area contributed by atoms with Crippen molar-refractivity contribution in [2.45, 2.75) is 25.6 Å². The summed E-state index contributed by atoms with van der Waals surface area (Å²) in [5, 5.41) is 7.54. The van der Waals surface area contributed by atoms with Crippen LogP contribution in [0.5, 0.6) is 5.75 Å². The molecular formula is C28H25FN4O3. The van der Waals surface area contributed by atoms with E-state index in [2.05, 4.69) is 10.4 Å². The van der Waals surface area contributed by atoms with E-state index in [1.807, 2.05) is 48.5 Å². The zero-order valence-corrected chi connectivity index (χ0v) is 19.9. The van der Waals surface area contributed by atoms with Crippen LogP contribution in [0, 0.1) is 5.82 Å². The van der Waals surface area contributed by atoms with Gasteiger partial charge in [-0.15, -0.1) is 0 Å². The number of benzene rings is 3. The van der Waals surface area contributed by atoms with E-state index in [1.54, 1.807) is 38.3 Å². The van der Waals surface area contributed by atoms with Crippen LogP contribution in [0.25, 0.3) is 11.3 Å². The van der Waals surface area contributed by atoms with Crippen molar-refractivity contribution in [3.63, 3.8) is 0 Å². The molecule has 7 nitrogen and oxygen atoms in total. The molecule has 1 atom stereocenters. The van der Waals surface area contributed by atoms with Crippen LogP contribution in [-0.2, 0) is 17.9 Å². The monoisotopic (exact) mass is 484 g/mol. The molecule has 3 aromatic carbocycles. The molecule has 5 rings (SSSR count). The minimum absolute atomic E-state index is 0.0335. The predicted octanol–water partition coefficient (Wildman–Crippen LogP) is 4.43. The zero-order chi connectivity index (χ0) is 25.3. The van der Waals surface area contributed by atoms with Gasteiger partial charge in [0.25, 0.3) is 5.91 Å². The Morgan fingerprint density at radius 1 is 1.06 bits per heavy atom. The third-order valence-electron chi connectivity index (χ3n) is 6.44. The second kappa shape index (κ2) is 9.30. The molecule has 0 fully saturated rings. The maximum absolute atomic E-state index is 15.0. The number of carbonyl (C=O) groups is 2. The van der Waals surface area contributed by atoms with Gasteiger partial charge in [-0.3, -0.25) is 19.2 Å². The molecular weight excluding hydrogens is 459 g/mol. The molecule has 2 amide bonds. The van der Waals surface area contributed by atoms with Gasteiger partial charge in [-0.2, -0.15) is 5.10 Å². The number of aromatic nitrogens is 2. The van der Waals surface area contributed by atoms with E-state index in [0.717, 1.165) is 11.1 Å². The van der Waals surface area contributed by atoms with Gasteiger partial charge in [-0.1, -0.05) is 60.7 Å². The Morgan fingerprint density at radius 2 is 1.75 bits per heavy atom. The number of halogens is 1. The molecule has 0 spiro atoms. The van der Waals surface area contributed by atoms with E-state index in [-0.39, 0.29) is 24.5 Å². The van der Waals surface area contributed by atoms with Gasteiger partial charge in [0.15, 0.2) is 0 Å². The normalized spacial score (nSPS) is 17.0. The van der Waals surface area contributed by atoms with E-state index in [0.29, 0.717) is 11.4 Å². The molecule has 182 valence electrons. The molecule has 1 aliphatic rings. The van der Waals surface area contributed by atoms with Crippen molar-refractivity contribution in [1.29, 1.82) is 0 Å². The van der Waals surface area contributed by atoms with E-state index in [9.17, 15) is 14.0 Å². The number of hydrogen-bond acceptors (Lipinski definition) is 4. The summed E-state index contributed by atoms with van der Waals surface area (Å²) in [5.74, 6) is -0.898. The lowest BCUT2D eigenvalue weighted by Crippen LogP contribution is -2.64. The summed E-state index contributed by atoms with van der Waals surface area (Å²) in [6.45, 7) is 1.85. The number of ether oxygens (including phenoxy) is 1. The maximum atomic E-state index is 15.0. The number of nitrogens with one attached hydrogen (secondary N) is 1. The van der Waals surface area contributed by atoms with Gasteiger partial charge in [0.2, 0.25) is 5.91 Å². The lowest BCUT2D eigenvalue weighted by atomic mass is 9.93. The lowest BCUT2D eigenvalue weighted by Gasteiger charge is -2.43. The average molecular weight is 485 g/mol. The van der Waals surface area contributed by atoms with Gasteiger partial charge in [-0.25, -0.2) is 4.39 Å². The fraction of sp³-hybridized carbons (Fsp3) is 0.179. The second-order valence-corrected chi connectivity index (χ2v) is 8.80. The standard InChI is InChI=1S/C28H25FN4O3/c1-28(27(35)30-17-20-12-6-9-15-25(20)36-2)18-32-24(16-22(31-32)19-10-4-3-5-11-19)26(34)33(28)23-14-8-7-13-21(23)29/h3-16H,17-18H2,1-2H3,(H,30,35)/t28-/m0/s1. The van der Waals surface area contributed by atoms with Gasteiger partial charge in [0, 0.05) is 17.7 Å². The van der Waals surface area contributed by atoms with Crippen LogP contribution in [0.2, 0.25) is 0 Å². The molecule has 8 heteroatoms. The van der Waals surface area contributed by atoms with Crippen LogP contribution >= 0.6 is 0 Å². The zero-order valence-electron chi connectivity index (χ0n) is 19.9. The molecule has 0 unspecified atom stereocenters. The molecule has 0 saturated carbocycles. The molecule has 1 aromatic heterocycles. The molecule has 2 heterocycles. The number of carbonyl (C=O) groups excluding carboxylic acids is 2. The summed E-state index contributed by atoms with van der Waals surface area (Å²) in [6, 6.07) is 24.4. The van der Waals surface area contributed by atoms with Crippen LogP contribution < -0.4 is 15.0 Å². The average Bonchev–Trinajstić information content (AvgIpc) is 3.33. The Balaban J connectivity index is 1.55. The van der Waals surface area contributed by atoms with Gasteiger partial charge in [0.1, 0.15) is 22.8 Å². The van der Waals surface area contributed by atoms with Crippen molar-refractivity contribution in [3.8, 4) is 17.0 Å². The van der Waals surface area contributed by atoms with Crippen molar-refractivity contribution in [3.05, 3.63) is 102 Å². The van der Waals surface area contributed by atoms with Crippen molar-refractivity contribution < 1.29 is 18.7 Å². The quantitative estimate of drug-likeness (QED) is 0.439. The fourth-order valence-electron chi connectivity index (χ4n) is 4.56. The first-order valence-electron chi connectivity index (χ1n) is 11.5. The van der Waals surface area contributed by atoms with Crippen molar-refractivity contribution in [2.24, 2.45) is 0 Å². The summed E-state index contributed by atoms with van der Waals surface area (Å²) in [6.07, 6.45) is 0. The van der Waals surface area contributed by atoms with Crippen LogP contribution in [0.1, 0.15) is 23.0 Å².